The number of hydrogen-bond acceptors (Lipinski definition) is 4. The minimum absolute atomic E-state index is 0.0121. The lowest BCUT2D eigenvalue weighted by atomic mass is 9.93. The van der Waals surface area contributed by atoms with Crippen molar-refractivity contribution in [3.05, 3.63) is 81.8 Å². The minimum Gasteiger partial charge on any atom is -0.406 e. The first-order chi connectivity index (χ1) is 13.0. The molecule has 2 aromatic heterocycles. The summed E-state index contributed by atoms with van der Waals surface area (Å²) in [6.45, 7) is 1.55. The second-order valence-electron chi connectivity index (χ2n) is 6.36. The van der Waals surface area contributed by atoms with Gasteiger partial charge in [0.15, 0.2) is 0 Å². The van der Waals surface area contributed by atoms with Crippen molar-refractivity contribution in [2.45, 2.75) is 25.4 Å². The maximum absolute atomic E-state index is 12.4. The first kappa shape index (κ1) is 18.0. The summed E-state index contributed by atoms with van der Waals surface area (Å²) >= 11 is 1.73. The SMILES string of the molecule is FC(F)(F)Oc1ccc([C@@H]2c3ccsc3CCN2Cc2ccccn2)cc1. The Morgan fingerprint density at radius 1 is 1.11 bits per heavy atom. The van der Waals surface area contributed by atoms with E-state index < -0.39 is 6.36 Å². The summed E-state index contributed by atoms with van der Waals surface area (Å²) in [4.78, 5) is 8.06. The summed E-state index contributed by atoms with van der Waals surface area (Å²) in [6, 6.07) is 14.1. The third-order valence-corrected chi connectivity index (χ3v) is 5.58. The lowest BCUT2D eigenvalue weighted by Gasteiger charge is -2.36. The van der Waals surface area contributed by atoms with Crippen molar-refractivity contribution < 1.29 is 17.9 Å². The molecular weight excluding hydrogens is 373 g/mol. The van der Waals surface area contributed by atoms with Crippen LogP contribution >= 0.6 is 11.3 Å². The third kappa shape index (κ3) is 4.14. The van der Waals surface area contributed by atoms with Crippen molar-refractivity contribution in [3.63, 3.8) is 0 Å². The Hall–Kier alpha value is -2.38. The largest absolute Gasteiger partial charge is 0.573 e. The zero-order chi connectivity index (χ0) is 18.9. The van der Waals surface area contributed by atoms with Gasteiger partial charge in [0.1, 0.15) is 5.75 Å². The van der Waals surface area contributed by atoms with E-state index in [4.69, 9.17) is 0 Å². The predicted molar refractivity (Wildman–Crippen MR) is 97.6 cm³/mol. The molecule has 0 unspecified atom stereocenters. The van der Waals surface area contributed by atoms with Gasteiger partial charge in [0.05, 0.1) is 11.7 Å². The summed E-state index contributed by atoms with van der Waals surface area (Å²) in [5, 5.41) is 2.07. The summed E-state index contributed by atoms with van der Waals surface area (Å²) in [5.74, 6) is -0.205. The van der Waals surface area contributed by atoms with Crippen LogP contribution in [0.3, 0.4) is 0 Å². The zero-order valence-corrected chi connectivity index (χ0v) is 15.1. The van der Waals surface area contributed by atoms with Gasteiger partial charge in [-0.3, -0.25) is 9.88 Å². The number of alkyl halides is 3. The molecule has 3 nitrogen and oxygen atoms in total. The van der Waals surface area contributed by atoms with Crippen LogP contribution in [0.15, 0.2) is 60.1 Å². The second-order valence-corrected chi connectivity index (χ2v) is 7.36. The van der Waals surface area contributed by atoms with Crippen molar-refractivity contribution >= 4 is 11.3 Å². The van der Waals surface area contributed by atoms with E-state index in [2.05, 4.69) is 26.1 Å². The highest BCUT2D eigenvalue weighted by molar-refractivity contribution is 7.10. The number of pyridine rings is 1. The van der Waals surface area contributed by atoms with Crippen molar-refractivity contribution in [2.24, 2.45) is 0 Å². The molecule has 7 heteroatoms. The van der Waals surface area contributed by atoms with Gasteiger partial charge in [-0.2, -0.15) is 0 Å². The summed E-state index contributed by atoms with van der Waals surface area (Å²) < 4.78 is 41.3. The summed E-state index contributed by atoms with van der Waals surface area (Å²) in [6.07, 6.45) is -1.95. The molecule has 1 aliphatic heterocycles. The Bertz CT molecular complexity index is 894. The van der Waals surface area contributed by atoms with Gasteiger partial charge in [0.25, 0.3) is 0 Å². The highest BCUT2D eigenvalue weighted by atomic mass is 32.1. The first-order valence-electron chi connectivity index (χ1n) is 8.55. The van der Waals surface area contributed by atoms with E-state index in [0.717, 1.165) is 24.2 Å². The molecule has 3 aromatic rings. The van der Waals surface area contributed by atoms with Crippen LogP contribution in [0.1, 0.15) is 27.7 Å². The fraction of sp³-hybridized carbons (Fsp3) is 0.250. The second kappa shape index (κ2) is 7.32. The van der Waals surface area contributed by atoms with E-state index in [-0.39, 0.29) is 11.8 Å². The van der Waals surface area contributed by atoms with E-state index in [1.54, 1.807) is 29.7 Å². The molecule has 0 N–H and O–H groups in total. The standard InChI is InChI=1S/C20H17F3N2OS/c21-20(22,23)26-16-6-4-14(5-7-16)19-17-9-12-27-18(17)8-11-25(19)13-15-3-1-2-10-24-15/h1-7,9-10,12,19H,8,11,13H2/t19-/m1/s1. The van der Waals surface area contributed by atoms with Gasteiger partial charge < -0.3 is 4.74 Å². The zero-order valence-electron chi connectivity index (χ0n) is 14.3. The molecule has 140 valence electrons. The molecule has 0 aliphatic carbocycles. The molecule has 0 bridgehead atoms. The third-order valence-electron chi connectivity index (χ3n) is 4.59. The molecule has 27 heavy (non-hydrogen) atoms. The molecular formula is C20H17F3N2OS. The number of halogens is 3. The molecule has 3 heterocycles. The van der Waals surface area contributed by atoms with E-state index in [0.29, 0.717) is 6.54 Å². The summed E-state index contributed by atoms with van der Waals surface area (Å²) in [7, 11) is 0. The summed E-state index contributed by atoms with van der Waals surface area (Å²) in [5.41, 5.74) is 3.13. The molecule has 0 saturated carbocycles. The van der Waals surface area contributed by atoms with Crippen LogP contribution in [0.2, 0.25) is 0 Å². The van der Waals surface area contributed by atoms with Crippen LogP contribution in [0.25, 0.3) is 0 Å². The smallest absolute Gasteiger partial charge is 0.406 e. The van der Waals surface area contributed by atoms with Crippen molar-refractivity contribution in [2.75, 3.05) is 6.54 Å². The monoisotopic (exact) mass is 390 g/mol. The molecule has 1 aromatic carbocycles. The van der Waals surface area contributed by atoms with E-state index in [9.17, 15) is 13.2 Å². The fourth-order valence-electron chi connectivity index (χ4n) is 3.48. The van der Waals surface area contributed by atoms with Crippen LogP contribution in [0, 0.1) is 0 Å². The van der Waals surface area contributed by atoms with Crippen LogP contribution in [0.4, 0.5) is 13.2 Å². The van der Waals surface area contributed by atoms with Crippen LogP contribution < -0.4 is 4.74 Å². The number of hydrogen-bond donors (Lipinski definition) is 0. The number of ether oxygens (including phenoxy) is 1. The average molecular weight is 390 g/mol. The molecule has 0 spiro atoms. The molecule has 0 fully saturated rings. The van der Waals surface area contributed by atoms with Gasteiger partial charge in [-0.05, 0) is 53.3 Å². The Kier molecular flexibility index (Phi) is 4.88. The Balaban J connectivity index is 1.64. The lowest BCUT2D eigenvalue weighted by Crippen LogP contribution is -2.35. The van der Waals surface area contributed by atoms with Gasteiger partial charge in [0.2, 0.25) is 0 Å². The number of benzene rings is 1. The highest BCUT2D eigenvalue weighted by Crippen LogP contribution is 2.39. The van der Waals surface area contributed by atoms with E-state index in [1.807, 2.05) is 18.2 Å². The molecule has 4 rings (SSSR count). The van der Waals surface area contributed by atoms with E-state index in [1.165, 1.54) is 22.6 Å². The number of nitrogens with zero attached hydrogens (tertiary/aromatic N) is 2. The van der Waals surface area contributed by atoms with Crippen LogP contribution in [-0.2, 0) is 13.0 Å². The van der Waals surface area contributed by atoms with Gasteiger partial charge >= 0.3 is 6.36 Å². The maximum Gasteiger partial charge on any atom is 0.573 e. The van der Waals surface area contributed by atoms with Gasteiger partial charge in [-0.25, -0.2) is 0 Å². The number of aromatic nitrogens is 1. The fourth-order valence-corrected chi connectivity index (χ4v) is 4.38. The molecule has 0 amide bonds. The van der Waals surface area contributed by atoms with E-state index >= 15 is 0 Å². The van der Waals surface area contributed by atoms with Gasteiger partial charge in [-0.15, -0.1) is 24.5 Å². The number of thiophene rings is 1. The van der Waals surface area contributed by atoms with Crippen molar-refractivity contribution in [1.29, 1.82) is 0 Å². The quantitative estimate of drug-likeness (QED) is 0.613. The first-order valence-corrected chi connectivity index (χ1v) is 9.43. The maximum atomic E-state index is 12.4. The predicted octanol–water partition coefficient (Wildman–Crippen LogP) is 5.19. The van der Waals surface area contributed by atoms with Gasteiger partial charge in [-0.1, -0.05) is 18.2 Å². The van der Waals surface area contributed by atoms with Gasteiger partial charge in [0, 0.05) is 24.2 Å². The minimum atomic E-state index is -4.68. The Morgan fingerprint density at radius 3 is 2.63 bits per heavy atom. The Morgan fingerprint density at radius 2 is 1.93 bits per heavy atom. The van der Waals surface area contributed by atoms with Crippen molar-refractivity contribution in [3.8, 4) is 5.75 Å². The highest BCUT2D eigenvalue weighted by Gasteiger charge is 2.32. The Labute approximate surface area is 159 Å². The normalized spacial score (nSPS) is 17.5. The molecule has 1 atom stereocenters. The number of rotatable bonds is 4. The number of fused-ring (bicyclic) bond motifs is 1. The molecule has 0 saturated heterocycles. The molecule has 0 radical (unpaired) electrons. The lowest BCUT2D eigenvalue weighted by molar-refractivity contribution is -0.274. The molecule has 1 aliphatic rings. The van der Waals surface area contributed by atoms with Crippen LogP contribution in [0.5, 0.6) is 5.75 Å². The van der Waals surface area contributed by atoms with Crippen molar-refractivity contribution in [1.82, 2.24) is 9.88 Å². The topological polar surface area (TPSA) is 25.4 Å². The van der Waals surface area contributed by atoms with Crippen LogP contribution in [-0.4, -0.2) is 22.8 Å². The average Bonchev–Trinajstić information content (AvgIpc) is 3.11.